The van der Waals surface area contributed by atoms with Gasteiger partial charge in [-0.1, -0.05) is 13.0 Å². The summed E-state index contributed by atoms with van der Waals surface area (Å²) in [5.41, 5.74) is 1.35. The molecule has 0 amide bonds. The molecule has 2 atom stereocenters. The molecule has 1 aliphatic carbocycles. The summed E-state index contributed by atoms with van der Waals surface area (Å²) in [5.74, 6) is 0.538. The number of benzene rings is 1. The summed E-state index contributed by atoms with van der Waals surface area (Å²) in [7, 11) is 0. The summed E-state index contributed by atoms with van der Waals surface area (Å²) in [6, 6.07) is 5.39. The molecule has 2 nitrogen and oxygen atoms in total. The average Bonchev–Trinajstić information content (AvgIpc) is 3.23. The molecule has 0 bridgehead atoms. The molecule has 2 aliphatic rings. The average molecular weight is 356 g/mol. The zero-order chi connectivity index (χ0) is 14.9. The first-order valence-corrected chi connectivity index (χ1v) is 8.70. The first-order chi connectivity index (χ1) is 10.1. The number of hydrogen-bond donors (Lipinski definition) is 1. The van der Waals surface area contributed by atoms with Crippen LogP contribution in [-0.2, 0) is 11.2 Å². The maximum absolute atomic E-state index is 13.4. The Bertz CT molecular complexity index is 506. The van der Waals surface area contributed by atoms with Crippen LogP contribution < -0.4 is 5.32 Å². The minimum absolute atomic E-state index is 0.161. The second kappa shape index (κ2) is 6.35. The van der Waals surface area contributed by atoms with E-state index in [0.717, 1.165) is 38.5 Å². The third-order valence-electron chi connectivity index (χ3n) is 4.82. The highest BCUT2D eigenvalue weighted by Gasteiger charge is 2.50. The van der Waals surface area contributed by atoms with Gasteiger partial charge in [-0.05, 0) is 71.8 Å². The molecule has 1 N–H and O–H groups in total. The molecule has 1 aliphatic heterocycles. The van der Waals surface area contributed by atoms with Crippen molar-refractivity contribution in [1.82, 2.24) is 5.32 Å². The van der Waals surface area contributed by atoms with Crippen molar-refractivity contribution >= 4 is 15.9 Å². The maximum atomic E-state index is 13.4. The topological polar surface area (TPSA) is 21.3 Å². The molecule has 1 saturated carbocycles. The molecule has 1 aromatic carbocycles. The Hall–Kier alpha value is -0.450. The Labute approximate surface area is 134 Å². The molecule has 1 aromatic rings. The predicted molar refractivity (Wildman–Crippen MR) is 85.9 cm³/mol. The molecule has 1 heterocycles. The highest BCUT2D eigenvalue weighted by atomic mass is 79.9. The lowest BCUT2D eigenvalue weighted by atomic mass is 9.74. The molecule has 4 heteroatoms. The van der Waals surface area contributed by atoms with Gasteiger partial charge < -0.3 is 10.1 Å². The second-order valence-corrected chi connectivity index (χ2v) is 7.30. The van der Waals surface area contributed by atoms with Gasteiger partial charge in [0.25, 0.3) is 0 Å². The van der Waals surface area contributed by atoms with Crippen LogP contribution in [0, 0.1) is 17.2 Å². The van der Waals surface area contributed by atoms with E-state index in [4.69, 9.17) is 4.74 Å². The van der Waals surface area contributed by atoms with Gasteiger partial charge in [0, 0.05) is 18.6 Å². The summed E-state index contributed by atoms with van der Waals surface area (Å²) in [6.45, 7) is 4.96. The Kier molecular flexibility index (Phi) is 4.67. The lowest BCUT2D eigenvalue weighted by Gasteiger charge is -2.35. The first kappa shape index (κ1) is 15.4. The number of halogens is 2. The fourth-order valence-corrected chi connectivity index (χ4v) is 4.04. The quantitative estimate of drug-likeness (QED) is 0.834. The van der Waals surface area contributed by atoms with Crippen LogP contribution in [0.4, 0.5) is 4.39 Å². The van der Waals surface area contributed by atoms with Crippen molar-refractivity contribution in [1.29, 1.82) is 0 Å². The van der Waals surface area contributed by atoms with Crippen molar-refractivity contribution in [2.75, 3.05) is 19.7 Å². The lowest BCUT2D eigenvalue weighted by Crippen LogP contribution is -2.43. The van der Waals surface area contributed by atoms with Crippen LogP contribution in [-0.4, -0.2) is 25.8 Å². The lowest BCUT2D eigenvalue weighted by molar-refractivity contribution is 0.0308. The van der Waals surface area contributed by atoms with Crippen molar-refractivity contribution < 1.29 is 9.13 Å². The maximum Gasteiger partial charge on any atom is 0.137 e. The van der Waals surface area contributed by atoms with E-state index in [9.17, 15) is 4.39 Å². The number of hydrogen-bond acceptors (Lipinski definition) is 2. The number of ether oxygens (including phenoxy) is 1. The van der Waals surface area contributed by atoms with Crippen LogP contribution in [0.3, 0.4) is 0 Å². The Morgan fingerprint density at radius 3 is 2.90 bits per heavy atom. The summed E-state index contributed by atoms with van der Waals surface area (Å²) in [5, 5.41) is 3.52. The highest BCUT2D eigenvalue weighted by molar-refractivity contribution is 9.10. The van der Waals surface area contributed by atoms with E-state index in [1.807, 2.05) is 12.1 Å². The van der Waals surface area contributed by atoms with E-state index >= 15 is 0 Å². The van der Waals surface area contributed by atoms with Crippen LogP contribution in [0.2, 0.25) is 0 Å². The summed E-state index contributed by atoms with van der Waals surface area (Å²) < 4.78 is 20.1. The monoisotopic (exact) mass is 355 g/mol. The standard InChI is InChI=1S/C17H23BrFNO/c1-2-20-11-17(7-8-21-16(17)13-4-5-13)10-12-3-6-15(19)14(18)9-12/h3,6,9,13,16,20H,2,4-5,7-8,10-11H2,1H3. The first-order valence-electron chi connectivity index (χ1n) is 7.91. The predicted octanol–water partition coefficient (Wildman–Crippen LogP) is 3.93. The Morgan fingerprint density at radius 1 is 1.43 bits per heavy atom. The van der Waals surface area contributed by atoms with Gasteiger partial charge in [-0.3, -0.25) is 0 Å². The van der Waals surface area contributed by atoms with E-state index in [1.165, 1.54) is 18.4 Å². The van der Waals surface area contributed by atoms with Crippen molar-refractivity contribution in [2.45, 2.75) is 38.7 Å². The largest absolute Gasteiger partial charge is 0.377 e. The van der Waals surface area contributed by atoms with Crippen molar-refractivity contribution in [3.05, 3.63) is 34.1 Å². The van der Waals surface area contributed by atoms with Gasteiger partial charge in [0.05, 0.1) is 10.6 Å². The SMILES string of the molecule is CCNCC1(Cc2ccc(F)c(Br)c2)CCOC1C1CC1. The zero-order valence-corrected chi connectivity index (χ0v) is 14.1. The van der Waals surface area contributed by atoms with Gasteiger partial charge >= 0.3 is 0 Å². The summed E-state index contributed by atoms with van der Waals surface area (Å²) in [4.78, 5) is 0. The summed E-state index contributed by atoms with van der Waals surface area (Å²) >= 11 is 3.30. The minimum atomic E-state index is -0.194. The molecular weight excluding hydrogens is 333 g/mol. The van der Waals surface area contributed by atoms with E-state index < -0.39 is 0 Å². The number of nitrogens with one attached hydrogen (secondary N) is 1. The second-order valence-electron chi connectivity index (χ2n) is 6.45. The molecule has 2 fully saturated rings. The van der Waals surface area contributed by atoms with Crippen LogP contribution >= 0.6 is 15.9 Å². The van der Waals surface area contributed by atoms with Crippen LogP contribution in [0.15, 0.2) is 22.7 Å². The van der Waals surface area contributed by atoms with E-state index in [0.29, 0.717) is 10.6 Å². The van der Waals surface area contributed by atoms with Crippen LogP contribution in [0.5, 0.6) is 0 Å². The molecule has 0 radical (unpaired) electrons. The molecular formula is C17H23BrFNO. The molecule has 3 rings (SSSR count). The normalized spacial score (nSPS) is 29.0. The van der Waals surface area contributed by atoms with Gasteiger partial charge in [0.1, 0.15) is 5.82 Å². The van der Waals surface area contributed by atoms with Crippen molar-refractivity contribution in [3.8, 4) is 0 Å². The van der Waals surface area contributed by atoms with Gasteiger partial charge in [-0.25, -0.2) is 4.39 Å². The Balaban J connectivity index is 1.82. The smallest absolute Gasteiger partial charge is 0.137 e. The van der Waals surface area contributed by atoms with Gasteiger partial charge in [0.2, 0.25) is 0 Å². The fourth-order valence-electron chi connectivity index (χ4n) is 3.61. The Morgan fingerprint density at radius 2 is 2.24 bits per heavy atom. The molecule has 2 unspecified atom stereocenters. The summed E-state index contributed by atoms with van der Waals surface area (Å²) in [6.07, 6.45) is 5.01. The van der Waals surface area contributed by atoms with Gasteiger partial charge in [0.15, 0.2) is 0 Å². The van der Waals surface area contributed by atoms with Crippen LogP contribution in [0.25, 0.3) is 0 Å². The van der Waals surface area contributed by atoms with Crippen LogP contribution in [0.1, 0.15) is 31.7 Å². The highest BCUT2D eigenvalue weighted by Crippen LogP contribution is 2.49. The molecule has 1 saturated heterocycles. The van der Waals surface area contributed by atoms with E-state index in [1.54, 1.807) is 6.07 Å². The fraction of sp³-hybridized carbons (Fsp3) is 0.647. The molecule has 0 aromatic heterocycles. The molecule has 0 spiro atoms. The van der Waals surface area contributed by atoms with Crippen molar-refractivity contribution in [2.24, 2.45) is 11.3 Å². The number of rotatable bonds is 6. The third-order valence-corrected chi connectivity index (χ3v) is 5.43. The zero-order valence-electron chi connectivity index (χ0n) is 12.5. The van der Waals surface area contributed by atoms with Gasteiger partial charge in [-0.2, -0.15) is 0 Å². The van der Waals surface area contributed by atoms with Crippen molar-refractivity contribution in [3.63, 3.8) is 0 Å². The van der Waals surface area contributed by atoms with Gasteiger partial charge in [-0.15, -0.1) is 0 Å². The molecule has 21 heavy (non-hydrogen) atoms. The molecule has 116 valence electrons. The van der Waals surface area contributed by atoms with E-state index in [-0.39, 0.29) is 11.2 Å². The minimum Gasteiger partial charge on any atom is -0.377 e. The third kappa shape index (κ3) is 3.33. The van der Waals surface area contributed by atoms with E-state index in [2.05, 4.69) is 28.2 Å².